The molecule has 0 saturated heterocycles. The molecule has 0 saturated carbocycles. The third-order valence-electron chi connectivity index (χ3n) is 6.34. The summed E-state index contributed by atoms with van der Waals surface area (Å²) >= 11 is 13.5. The number of aryl methyl sites for hydroxylation is 2. The molecule has 0 fully saturated rings. The van der Waals surface area contributed by atoms with Gasteiger partial charge in [-0.15, -0.1) is 0 Å². The molecule has 0 atom stereocenters. The smallest absolute Gasteiger partial charge is 0.238 e. The number of aliphatic imine (C=N–C) groups is 1. The van der Waals surface area contributed by atoms with Gasteiger partial charge in [0, 0.05) is 27.9 Å². The van der Waals surface area contributed by atoms with Gasteiger partial charge in [-0.05, 0) is 75.0 Å². The molecule has 4 nitrogen and oxygen atoms in total. The van der Waals surface area contributed by atoms with Crippen molar-refractivity contribution in [2.24, 2.45) is 4.99 Å². The number of hydrogen-bond donors (Lipinski definition) is 0. The molecule has 0 aliphatic rings. The lowest BCUT2D eigenvalue weighted by atomic mass is 9.97. The Hall–Kier alpha value is -3.63. The first-order valence-electron chi connectivity index (χ1n) is 12.4. The molecule has 5 aromatic rings. The highest BCUT2D eigenvalue weighted by molar-refractivity contribution is 9.11. The molecule has 0 N–H and O–H groups in total. The van der Waals surface area contributed by atoms with Crippen LogP contribution in [0.3, 0.4) is 0 Å². The van der Waals surface area contributed by atoms with Gasteiger partial charge in [0.25, 0.3) is 0 Å². The lowest BCUT2D eigenvalue weighted by Gasteiger charge is -2.12. The lowest BCUT2D eigenvalue weighted by Crippen LogP contribution is -1.98. The van der Waals surface area contributed by atoms with Gasteiger partial charge < -0.3 is 9.15 Å². The van der Waals surface area contributed by atoms with Crippen LogP contribution < -0.4 is 4.74 Å². The van der Waals surface area contributed by atoms with Crippen molar-refractivity contribution in [2.75, 3.05) is 0 Å². The van der Waals surface area contributed by atoms with E-state index in [2.05, 4.69) is 42.9 Å². The highest BCUT2D eigenvalue weighted by Gasteiger charge is 2.23. The molecule has 4 aromatic carbocycles. The van der Waals surface area contributed by atoms with Gasteiger partial charge in [0.05, 0.1) is 8.95 Å². The molecule has 1 aromatic heterocycles. The average molecular weight is 675 g/mol. The average Bonchev–Trinajstić information content (AvgIpc) is 3.31. The number of nitrogens with zero attached hydrogens (tertiary/aromatic N) is 2. The van der Waals surface area contributed by atoms with E-state index >= 15 is 0 Å². The minimum atomic E-state index is 0.250. The summed E-state index contributed by atoms with van der Waals surface area (Å²) in [6, 6.07) is 29.8. The van der Waals surface area contributed by atoms with Gasteiger partial charge >= 0.3 is 0 Å². The molecular formula is C33H23Br2ClN2O2. The maximum Gasteiger partial charge on any atom is 0.238 e. The first-order valence-corrected chi connectivity index (χ1v) is 14.4. The molecule has 40 heavy (non-hydrogen) atoms. The van der Waals surface area contributed by atoms with Crippen LogP contribution in [0.4, 0.5) is 5.88 Å². The molecule has 0 amide bonds. The van der Waals surface area contributed by atoms with Gasteiger partial charge in [-0.2, -0.15) is 5.26 Å². The van der Waals surface area contributed by atoms with Crippen LogP contribution in [0.1, 0.15) is 27.8 Å². The van der Waals surface area contributed by atoms with Crippen LogP contribution in [0.5, 0.6) is 5.75 Å². The molecule has 5 rings (SSSR count). The van der Waals surface area contributed by atoms with E-state index in [1.807, 2.05) is 98.8 Å². The maximum absolute atomic E-state index is 10.2. The SMILES string of the molecule is Cc1ccc(-c2oc(N=Cc3cc(Br)c(OCc4ccccc4Cl)c(Br)c3)c(C#N)c2-c2ccc(C)cc2)cc1. The number of hydrogen-bond acceptors (Lipinski definition) is 4. The standard InChI is InChI=1S/C33H23Br2ClN2O2/c1-20-7-11-23(12-8-20)30-26(17-37)33(40-31(30)24-13-9-21(2)10-14-24)38-18-22-15-27(34)32(28(35)16-22)39-19-25-5-3-4-6-29(25)36/h3-16,18H,19H2,1-2H3. The number of rotatable bonds is 7. The van der Waals surface area contributed by atoms with Crippen molar-refractivity contribution < 1.29 is 9.15 Å². The van der Waals surface area contributed by atoms with E-state index in [0.717, 1.165) is 47.9 Å². The number of nitriles is 1. The third-order valence-corrected chi connectivity index (χ3v) is 7.88. The number of halogens is 3. The Morgan fingerprint density at radius 1 is 0.900 bits per heavy atom. The van der Waals surface area contributed by atoms with Crippen molar-refractivity contribution in [3.63, 3.8) is 0 Å². The molecule has 0 aliphatic heterocycles. The molecule has 0 spiro atoms. The van der Waals surface area contributed by atoms with E-state index in [1.54, 1.807) is 6.21 Å². The van der Waals surface area contributed by atoms with Gasteiger partial charge in [0.1, 0.15) is 29.7 Å². The quantitative estimate of drug-likeness (QED) is 0.162. The topological polar surface area (TPSA) is 58.5 Å². The summed E-state index contributed by atoms with van der Waals surface area (Å²) in [6.07, 6.45) is 1.67. The lowest BCUT2D eigenvalue weighted by molar-refractivity contribution is 0.302. The largest absolute Gasteiger partial charge is 0.486 e. The van der Waals surface area contributed by atoms with Crippen molar-refractivity contribution in [3.8, 4) is 34.3 Å². The molecule has 0 radical (unpaired) electrons. The van der Waals surface area contributed by atoms with Crippen LogP contribution in [0, 0.1) is 25.2 Å². The molecule has 198 valence electrons. The van der Waals surface area contributed by atoms with E-state index in [0.29, 0.717) is 28.7 Å². The van der Waals surface area contributed by atoms with Crippen LogP contribution in [0.2, 0.25) is 5.02 Å². The fourth-order valence-corrected chi connectivity index (χ4v) is 5.85. The first kappa shape index (κ1) is 27.9. The Morgan fingerprint density at radius 2 is 1.50 bits per heavy atom. The van der Waals surface area contributed by atoms with Crippen molar-refractivity contribution in [2.45, 2.75) is 20.5 Å². The Bertz CT molecular complexity index is 1730. The summed E-state index contributed by atoms with van der Waals surface area (Å²) in [4.78, 5) is 4.62. The fourth-order valence-electron chi connectivity index (χ4n) is 4.21. The van der Waals surface area contributed by atoms with Gasteiger partial charge in [-0.25, -0.2) is 4.99 Å². The summed E-state index contributed by atoms with van der Waals surface area (Å²) in [7, 11) is 0. The Morgan fingerprint density at radius 3 is 2.10 bits per heavy atom. The van der Waals surface area contributed by atoms with E-state index in [9.17, 15) is 5.26 Å². The highest BCUT2D eigenvalue weighted by Crippen LogP contribution is 2.43. The summed E-state index contributed by atoms with van der Waals surface area (Å²) in [5.41, 5.74) is 6.84. The van der Waals surface area contributed by atoms with E-state index < -0.39 is 0 Å². The van der Waals surface area contributed by atoms with Gasteiger partial charge in [0.15, 0.2) is 0 Å². The number of ether oxygens (including phenoxy) is 1. The molecule has 7 heteroatoms. The molecule has 0 unspecified atom stereocenters. The van der Waals surface area contributed by atoms with Crippen LogP contribution in [0.15, 0.2) is 103 Å². The molecule has 0 aliphatic carbocycles. The van der Waals surface area contributed by atoms with Gasteiger partial charge in [-0.3, -0.25) is 0 Å². The first-order chi connectivity index (χ1) is 19.3. The fraction of sp³-hybridized carbons (Fsp3) is 0.0909. The molecule has 1 heterocycles. The maximum atomic E-state index is 10.2. The Labute approximate surface area is 255 Å². The summed E-state index contributed by atoms with van der Waals surface area (Å²) in [5.74, 6) is 1.51. The monoisotopic (exact) mass is 672 g/mol. The van der Waals surface area contributed by atoms with Crippen molar-refractivity contribution in [3.05, 3.63) is 127 Å². The molecular weight excluding hydrogens is 652 g/mol. The van der Waals surface area contributed by atoms with Crippen LogP contribution >= 0.6 is 43.5 Å². The van der Waals surface area contributed by atoms with E-state index in [-0.39, 0.29) is 5.88 Å². The third kappa shape index (κ3) is 6.08. The minimum absolute atomic E-state index is 0.250. The zero-order valence-electron chi connectivity index (χ0n) is 21.7. The summed E-state index contributed by atoms with van der Waals surface area (Å²) in [5, 5.41) is 10.8. The Kier molecular flexibility index (Phi) is 8.56. The molecule has 0 bridgehead atoms. The number of benzene rings is 4. The highest BCUT2D eigenvalue weighted by atomic mass is 79.9. The van der Waals surface area contributed by atoms with E-state index in [1.165, 1.54) is 0 Å². The summed E-state index contributed by atoms with van der Waals surface area (Å²) < 4.78 is 13.8. The van der Waals surface area contributed by atoms with Gasteiger partial charge in [0.2, 0.25) is 5.88 Å². The van der Waals surface area contributed by atoms with Crippen molar-refractivity contribution >= 4 is 55.6 Å². The predicted molar refractivity (Wildman–Crippen MR) is 169 cm³/mol. The Balaban J connectivity index is 1.50. The van der Waals surface area contributed by atoms with Crippen molar-refractivity contribution in [1.29, 1.82) is 5.26 Å². The van der Waals surface area contributed by atoms with Gasteiger partial charge in [-0.1, -0.05) is 89.5 Å². The zero-order valence-corrected chi connectivity index (χ0v) is 25.6. The van der Waals surface area contributed by atoms with E-state index in [4.69, 9.17) is 20.8 Å². The normalized spacial score (nSPS) is 11.1. The van der Waals surface area contributed by atoms with Crippen LogP contribution in [-0.4, -0.2) is 6.21 Å². The second-order valence-electron chi connectivity index (χ2n) is 9.28. The van der Waals surface area contributed by atoms with Crippen LogP contribution in [0.25, 0.3) is 22.5 Å². The second-order valence-corrected chi connectivity index (χ2v) is 11.4. The van der Waals surface area contributed by atoms with Crippen LogP contribution in [-0.2, 0) is 6.61 Å². The number of furan rings is 1. The summed E-state index contributed by atoms with van der Waals surface area (Å²) in [6.45, 7) is 4.39. The minimum Gasteiger partial charge on any atom is -0.486 e. The zero-order chi connectivity index (χ0) is 28.2. The van der Waals surface area contributed by atoms with Crippen molar-refractivity contribution in [1.82, 2.24) is 0 Å². The second kappa shape index (κ2) is 12.3. The predicted octanol–water partition coefficient (Wildman–Crippen LogP) is 10.6.